The molecule has 5 rings (SSSR count). The molecule has 31 heavy (non-hydrogen) atoms. The van der Waals surface area contributed by atoms with Crippen LogP contribution >= 0.6 is 23.4 Å². The minimum absolute atomic E-state index is 0.0862. The molecule has 0 saturated carbocycles. The lowest BCUT2D eigenvalue weighted by atomic mass is 10.0. The molecule has 1 saturated heterocycles. The zero-order valence-corrected chi connectivity index (χ0v) is 17.6. The van der Waals surface area contributed by atoms with E-state index in [0.717, 1.165) is 0 Å². The first kappa shape index (κ1) is 20.0. The number of hydrogen-bond acceptors (Lipinski definition) is 3. The maximum Gasteiger partial charge on any atom is 0.269 e. The number of anilines is 2. The van der Waals surface area contributed by atoms with E-state index in [1.807, 2.05) is 12.1 Å². The molecule has 1 unspecified atom stereocenters. The molecule has 2 aliphatic rings. The molecule has 0 bridgehead atoms. The van der Waals surface area contributed by atoms with Gasteiger partial charge in [0.2, 0.25) is 10.8 Å². The van der Waals surface area contributed by atoms with Gasteiger partial charge >= 0.3 is 0 Å². The summed E-state index contributed by atoms with van der Waals surface area (Å²) < 4.78 is 27.5. The Bertz CT molecular complexity index is 1240. The first-order valence-corrected chi connectivity index (χ1v) is 10.9. The van der Waals surface area contributed by atoms with Crippen LogP contribution in [-0.4, -0.2) is 17.6 Å². The molecule has 0 aromatic heterocycles. The molecular formula is C23H15ClF2N2O2S. The van der Waals surface area contributed by atoms with E-state index in [1.165, 1.54) is 47.0 Å². The van der Waals surface area contributed by atoms with Crippen LogP contribution < -0.4 is 9.80 Å². The van der Waals surface area contributed by atoms with Gasteiger partial charge in [-0.3, -0.25) is 14.5 Å². The Hall–Kier alpha value is -2.90. The second-order valence-corrected chi connectivity index (χ2v) is 8.87. The fourth-order valence-corrected chi connectivity index (χ4v) is 5.69. The number of benzene rings is 3. The highest BCUT2D eigenvalue weighted by atomic mass is 35.5. The van der Waals surface area contributed by atoms with Crippen LogP contribution in [0.15, 0.2) is 66.7 Å². The van der Waals surface area contributed by atoms with Crippen molar-refractivity contribution in [3.63, 3.8) is 0 Å². The molecule has 4 nitrogen and oxygen atoms in total. The number of amides is 2. The zero-order chi connectivity index (χ0) is 21.8. The van der Waals surface area contributed by atoms with Crippen LogP contribution in [-0.2, 0) is 21.0 Å². The Morgan fingerprint density at radius 1 is 1.00 bits per heavy atom. The monoisotopic (exact) mass is 456 g/mol. The van der Waals surface area contributed by atoms with E-state index >= 15 is 0 Å². The van der Waals surface area contributed by atoms with E-state index in [0.29, 0.717) is 22.5 Å². The maximum absolute atomic E-state index is 13.9. The highest BCUT2D eigenvalue weighted by Crippen LogP contribution is 2.56. The lowest BCUT2D eigenvalue weighted by Gasteiger charge is -2.33. The Labute approximate surface area is 186 Å². The van der Waals surface area contributed by atoms with E-state index in [1.54, 1.807) is 29.2 Å². The standard InChI is InChI=1S/C23H15ClF2N2O2S/c24-18-11-16(8-9-19(18)26)28-21(29)13-31-23(28)17-6-1-2-7-20(17)27(22(23)30)12-14-4-3-5-15(25)10-14/h1-11H,12-13H2. The fraction of sp³-hybridized carbons (Fsp3) is 0.130. The van der Waals surface area contributed by atoms with E-state index in [2.05, 4.69) is 0 Å². The quantitative estimate of drug-likeness (QED) is 0.550. The van der Waals surface area contributed by atoms with Crippen LogP contribution in [0.3, 0.4) is 0 Å². The third-order valence-electron chi connectivity index (χ3n) is 5.45. The first-order valence-electron chi connectivity index (χ1n) is 9.50. The Balaban J connectivity index is 1.65. The molecule has 8 heteroatoms. The van der Waals surface area contributed by atoms with E-state index in [4.69, 9.17) is 11.6 Å². The molecule has 3 aromatic rings. The van der Waals surface area contributed by atoms with Gasteiger partial charge in [0.25, 0.3) is 5.91 Å². The number of halogens is 3. The molecule has 0 N–H and O–H groups in total. The maximum atomic E-state index is 13.9. The Morgan fingerprint density at radius 2 is 1.81 bits per heavy atom. The zero-order valence-electron chi connectivity index (χ0n) is 16.0. The number of para-hydroxylation sites is 1. The minimum Gasteiger partial charge on any atom is -0.304 e. The summed E-state index contributed by atoms with van der Waals surface area (Å²) in [6.07, 6.45) is 0. The average molecular weight is 457 g/mol. The molecule has 2 aliphatic heterocycles. The molecule has 1 atom stereocenters. The molecule has 3 aromatic carbocycles. The molecule has 156 valence electrons. The molecule has 1 fully saturated rings. The number of hydrogen-bond donors (Lipinski definition) is 0. The van der Waals surface area contributed by atoms with Gasteiger partial charge in [0.05, 0.1) is 23.0 Å². The van der Waals surface area contributed by atoms with Crippen molar-refractivity contribution in [1.29, 1.82) is 0 Å². The molecule has 2 amide bonds. The highest BCUT2D eigenvalue weighted by Gasteiger charge is 2.60. The van der Waals surface area contributed by atoms with Crippen molar-refractivity contribution in [2.75, 3.05) is 15.6 Å². The van der Waals surface area contributed by atoms with Crippen molar-refractivity contribution >= 4 is 46.6 Å². The van der Waals surface area contributed by atoms with Crippen LogP contribution in [0, 0.1) is 11.6 Å². The molecule has 1 spiro atoms. The van der Waals surface area contributed by atoms with Crippen molar-refractivity contribution in [1.82, 2.24) is 0 Å². The second-order valence-electron chi connectivity index (χ2n) is 7.30. The van der Waals surface area contributed by atoms with Crippen LogP contribution in [0.5, 0.6) is 0 Å². The topological polar surface area (TPSA) is 40.6 Å². The smallest absolute Gasteiger partial charge is 0.269 e. The third-order valence-corrected chi connectivity index (χ3v) is 7.13. The van der Waals surface area contributed by atoms with Crippen LogP contribution in [0.1, 0.15) is 11.1 Å². The number of thioether (sulfide) groups is 1. The summed E-state index contributed by atoms with van der Waals surface area (Å²) in [5, 5.41) is -0.132. The fourth-order valence-electron chi connectivity index (χ4n) is 4.15. The summed E-state index contributed by atoms with van der Waals surface area (Å²) in [5.74, 6) is -1.49. The number of nitrogens with zero attached hydrogens (tertiary/aromatic N) is 2. The van der Waals surface area contributed by atoms with Gasteiger partial charge in [-0.2, -0.15) is 0 Å². The van der Waals surface area contributed by atoms with Crippen molar-refractivity contribution in [3.8, 4) is 0 Å². The predicted molar refractivity (Wildman–Crippen MR) is 117 cm³/mol. The normalized spacial score (nSPS) is 20.1. The minimum atomic E-state index is -1.33. The largest absolute Gasteiger partial charge is 0.304 e. The van der Waals surface area contributed by atoms with E-state index in [-0.39, 0.29) is 35.0 Å². The average Bonchev–Trinajstić information content (AvgIpc) is 3.22. The van der Waals surface area contributed by atoms with Gasteiger partial charge in [0, 0.05) is 11.3 Å². The van der Waals surface area contributed by atoms with Crippen molar-refractivity contribution < 1.29 is 18.4 Å². The lowest BCUT2D eigenvalue weighted by Crippen LogP contribution is -2.49. The van der Waals surface area contributed by atoms with Gasteiger partial charge in [0.15, 0.2) is 0 Å². The van der Waals surface area contributed by atoms with Gasteiger partial charge in [-0.1, -0.05) is 41.9 Å². The lowest BCUT2D eigenvalue weighted by molar-refractivity contribution is -0.123. The van der Waals surface area contributed by atoms with Gasteiger partial charge < -0.3 is 4.90 Å². The number of fused-ring (bicyclic) bond motifs is 2. The number of rotatable bonds is 3. The Morgan fingerprint density at radius 3 is 2.58 bits per heavy atom. The molecule has 0 radical (unpaired) electrons. The summed E-state index contributed by atoms with van der Waals surface area (Å²) in [4.78, 5) is 28.4. The van der Waals surface area contributed by atoms with Crippen molar-refractivity contribution in [2.45, 2.75) is 11.4 Å². The van der Waals surface area contributed by atoms with Gasteiger partial charge in [-0.25, -0.2) is 8.78 Å². The SMILES string of the molecule is O=C1CSC2(C(=O)N(Cc3cccc(F)c3)c3ccccc32)N1c1ccc(F)c(Cl)c1. The molecule has 0 aliphatic carbocycles. The van der Waals surface area contributed by atoms with Gasteiger partial charge in [-0.15, -0.1) is 11.8 Å². The first-order chi connectivity index (χ1) is 14.9. The van der Waals surface area contributed by atoms with Crippen LogP contribution in [0.2, 0.25) is 5.02 Å². The third kappa shape index (κ3) is 3.03. The summed E-state index contributed by atoms with van der Waals surface area (Å²) in [6.45, 7) is 0.155. The molecular weight excluding hydrogens is 442 g/mol. The summed E-state index contributed by atoms with van der Waals surface area (Å²) in [7, 11) is 0. The summed E-state index contributed by atoms with van der Waals surface area (Å²) in [5.41, 5.74) is 2.29. The van der Waals surface area contributed by atoms with Crippen molar-refractivity contribution in [2.24, 2.45) is 0 Å². The van der Waals surface area contributed by atoms with Crippen molar-refractivity contribution in [3.05, 3.63) is 94.5 Å². The van der Waals surface area contributed by atoms with Gasteiger partial charge in [-0.05, 0) is 42.0 Å². The highest BCUT2D eigenvalue weighted by molar-refractivity contribution is 8.02. The summed E-state index contributed by atoms with van der Waals surface area (Å²) >= 11 is 7.19. The summed E-state index contributed by atoms with van der Waals surface area (Å²) in [6, 6.07) is 17.3. The number of carbonyl (C=O) groups excluding carboxylic acids is 2. The van der Waals surface area contributed by atoms with E-state index in [9.17, 15) is 18.4 Å². The molecule has 2 heterocycles. The Kier molecular flexibility index (Phi) is 4.75. The van der Waals surface area contributed by atoms with Crippen LogP contribution in [0.4, 0.5) is 20.2 Å². The van der Waals surface area contributed by atoms with Crippen LogP contribution in [0.25, 0.3) is 0 Å². The van der Waals surface area contributed by atoms with Gasteiger partial charge in [0.1, 0.15) is 11.6 Å². The second kappa shape index (κ2) is 7.35. The van der Waals surface area contributed by atoms with E-state index < -0.39 is 10.7 Å². The predicted octanol–water partition coefficient (Wildman–Crippen LogP) is 5.10. The number of carbonyl (C=O) groups is 2.